The van der Waals surface area contributed by atoms with Crippen molar-refractivity contribution in [2.45, 2.75) is 12.8 Å². The van der Waals surface area contributed by atoms with Gasteiger partial charge in [0.2, 0.25) is 5.90 Å². The number of allylic oxidation sites excluding steroid dienone is 1. The summed E-state index contributed by atoms with van der Waals surface area (Å²) in [4.78, 5) is 24.3. The van der Waals surface area contributed by atoms with Gasteiger partial charge in [0.15, 0.2) is 5.82 Å². The minimum atomic E-state index is -4.70. The number of hydrogen-bond acceptors (Lipinski definition) is 6. The summed E-state index contributed by atoms with van der Waals surface area (Å²) in [5, 5.41) is 2.84. The number of halogens is 3. The molecule has 0 atom stereocenters. The summed E-state index contributed by atoms with van der Waals surface area (Å²) >= 11 is 0. The van der Waals surface area contributed by atoms with Crippen molar-refractivity contribution in [2.24, 2.45) is 10.7 Å². The van der Waals surface area contributed by atoms with Gasteiger partial charge in [0, 0.05) is 24.8 Å². The van der Waals surface area contributed by atoms with Gasteiger partial charge in [-0.15, -0.1) is 0 Å². The highest BCUT2D eigenvalue weighted by Crippen LogP contribution is 2.21. The smallest absolute Gasteiger partial charge is 0.430 e. The molecule has 8 nitrogen and oxygen atoms in total. The Morgan fingerprint density at radius 2 is 2.04 bits per heavy atom. The fraction of sp³-hybridized carbons (Fsp3) is 0.176. The van der Waals surface area contributed by atoms with Crippen LogP contribution in [-0.2, 0) is 11.3 Å². The third kappa shape index (κ3) is 4.19. The standard InChI is InChI=1S/C17H15F3N6O2/c1-22-13(8-12(21)17(18,19)20)28-9-11-7-14(27)26-16(23-11)24-15(25-26)10-5-3-2-4-6-10/h2-8H,9,21H2,1H3,(H,23,24,25). The number of fused-ring (bicyclic) bond motifs is 1. The van der Waals surface area contributed by atoms with Crippen LogP contribution in [0.2, 0.25) is 0 Å². The van der Waals surface area contributed by atoms with E-state index < -0.39 is 17.4 Å². The van der Waals surface area contributed by atoms with Crippen LogP contribution in [0.3, 0.4) is 0 Å². The van der Waals surface area contributed by atoms with Crippen LogP contribution < -0.4 is 11.3 Å². The van der Waals surface area contributed by atoms with Crippen LogP contribution in [0.5, 0.6) is 0 Å². The van der Waals surface area contributed by atoms with Gasteiger partial charge in [-0.1, -0.05) is 30.3 Å². The highest BCUT2D eigenvalue weighted by molar-refractivity contribution is 5.88. The van der Waals surface area contributed by atoms with Gasteiger partial charge in [0.1, 0.15) is 12.3 Å². The molecule has 28 heavy (non-hydrogen) atoms. The van der Waals surface area contributed by atoms with Crippen molar-refractivity contribution in [3.63, 3.8) is 0 Å². The molecule has 0 saturated heterocycles. The number of rotatable bonds is 4. The highest BCUT2D eigenvalue weighted by atomic mass is 19.4. The summed E-state index contributed by atoms with van der Waals surface area (Å²) < 4.78 is 43.9. The maximum atomic E-state index is 12.5. The molecule has 2 aromatic heterocycles. The van der Waals surface area contributed by atoms with E-state index in [1.165, 1.54) is 13.1 Å². The summed E-state index contributed by atoms with van der Waals surface area (Å²) in [7, 11) is 1.25. The average Bonchev–Trinajstić information content (AvgIpc) is 3.09. The van der Waals surface area contributed by atoms with Crippen LogP contribution in [0.1, 0.15) is 5.69 Å². The number of alkyl halides is 3. The molecule has 11 heteroatoms. The first kappa shape index (κ1) is 19.1. The molecule has 1 aromatic carbocycles. The molecule has 0 saturated carbocycles. The van der Waals surface area contributed by atoms with Gasteiger partial charge in [-0.3, -0.25) is 14.9 Å². The van der Waals surface area contributed by atoms with Crippen LogP contribution in [-0.4, -0.2) is 38.7 Å². The average molecular weight is 392 g/mol. The molecule has 0 fully saturated rings. The Kier molecular flexibility index (Phi) is 5.16. The molecule has 0 unspecified atom stereocenters. The molecule has 3 aromatic rings. The Labute approximate surface area is 156 Å². The second kappa shape index (κ2) is 7.55. The molecule has 146 valence electrons. The molecule has 0 radical (unpaired) electrons. The molecule has 2 heterocycles. The van der Waals surface area contributed by atoms with E-state index in [2.05, 4.69) is 20.1 Å². The molecule has 0 spiro atoms. The van der Waals surface area contributed by atoms with Gasteiger partial charge in [0.05, 0.1) is 5.69 Å². The fourth-order valence-corrected chi connectivity index (χ4v) is 2.26. The number of H-pyrrole nitrogens is 1. The molecular formula is C17H15F3N6O2. The first-order chi connectivity index (χ1) is 13.3. The van der Waals surface area contributed by atoms with Crippen LogP contribution in [0.25, 0.3) is 17.2 Å². The molecule has 0 amide bonds. The molecule has 0 aliphatic heterocycles. The van der Waals surface area contributed by atoms with E-state index >= 15 is 0 Å². The van der Waals surface area contributed by atoms with E-state index in [1.54, 1.807) is 0 Å². The third-order valence-electron chi connectivity index (χ3n) is 3.63. The van der Waals surface area contributed by atoms with E-state index in [-0.39, 0.29) is 24.0 Å². The second-order valence-corrected chi connectivity index (χ2v) is 5.61. The van der Waals surface area contributed by atoms with Crippen LogP contribution >= 0.6 is 0 Å². The number of aromatic nitrogens is 4. The van der Waals surface area contributed by atoms with E-state index in [4.69, 9.17) is 10.5 Å². The number of hydrogen-bond donors (Lipinski definition) is 2. The number of nitrogens with one attached hydrogen (secondary N) is 1. The monoisotopic (exact) mass is 392 g/mol. The molecule has 0 bridgehead atoms. The Hall–Kier alpha value is -3.63. The topological polar surface area (TPSA) is 111 Å². The van der Waals surface area contributed by atoms with Crippen LogP contribution in [0, 0.1) is 0 Å². The number of aromatic amines is 1. The van der Waals surface area contributed by atoms with Crippen molar-refractivity contribution < 1.29 is 17.9 Å². The van der Waals surface area contributed by atoms with E-state index in [0.29, 0.717) is 11.9 Å². The predicted molar refractivity (Wildman–Crippen MR) is 95.5 cm³/mol. The third-order valence-corrected chi connectivity index (χ3v) is 3.63. The van der Waals surface area contributed by atoms with Crippen molar-refractivity contribution in [3.8, 4) is 11.4 Å². The molecule has 0 aliphatic carbocycles. The lowest BCUT2D eigenvalue weighted by atomic mass is 10.2. The van der Waals surface area contributed by atoms with Gasteiger partial charge in [-0.05, 0) is 0 Å². The first-order valence-electron chi connectivity index (χ1n) is 7.96. The summed E-state index contributed by atoms with van der Waals surface area (Å²) in [6.45, 7) is -0.284. The van der Waals surface area contributed by atoms with Gasteiger partial charge < -0.3 is 10.5 Å². The maximum absolute atomic E-state index is 12.5. The summed E-state index contributed by atoms with van der Waals surface area (Å²) in [5.41, 5.74) is 4.09. The predicted octanol–water partition coefficient (Wildman–Crippen LogP) is 2.03. The molecular weight excluding hydrogens is 377 g/mol. The van der Waals surface area contributed by atoms with Gasteiger partial charge >= 0.3 is 6.18 Å². The Morgan fingerprint density at radius 3 is 2.68 bits per heavy atom. The SMILES string of the molecule is CN=C(C=C(N)C(F)(F)F)OCc1cc(=O)n2[nH]c(-c3ccccc3)nc2n1. The highest BCUT2D eigenvalue weighted by Gasteiger charge is 2.31. The normalized spacial score (nSPS) is 13.1. The molecule has 0 aliphatic rings. The number of nitrogens with zero attached hydrogens (tertiary/aromatic N) is 4. The van der Waals surface area contributed by atoms with Gasteiger partial charge in [-0.25, -0.2) is 4.98 Å². The molecule has 3 rings (SSSR count). The Morgan fingerprint density at radius 1 is 1.32 bits per heavy atom. The summed E-state index contributed by atoms with van der Waals surface area (Å²) in [6.07, 6.45) is -4.13. The van der Waals surface area contributed by atoms with E-state index in [9.17, 15) is 18.0 Å². The fourth-order valence-electron chi connectivity index (χ4n) is 2.26. The molecule has 3 N–H and O–H groups in total. The Bertz CT molecular complexity index is 1100. The number of nitrogens with two attached hydrogens (primary N) is 1. The number of aliphatic imine (C=N–C) groups is 1. The van der Waals surface area contributed by atoms with E-state index in [0.717, 1.165) is 10.1 Å². The van der Waals surface area contributed by atoms with Crippen molar-refractivity contribution in [1.82, 2.24) is 19.6 Å². The van der Waals surface area contributed by atoms with Crippen molar-refractivity contribution in [1.29, 1.82) is 0 Å². The Balaban J connectivity index is 1.83. The lowest BCUT2D eigenvalue weighted by Crippen LogP contribution is -2.21. The quantitative estimate of drug-likeness (QED) is 0.521. The number of benzene rings is 1. The lowest BCUT2D eigenvalue weighted by molar-refractivity contribution is -0.0926. The largest absolute Gasteiger partial charge is 0.471 e. The zero-order valence-electron chi connectivity index (χ0n) is 14.6. The zero-order chi connectivity index (χ0) is 20.3. The summed E-state index contributed by atoms with van der Waals surface area (Å²) in [5.74, 6) is 0.203. The van der Waals surface area contributed by atoms with Gasteiger partial charge in [0.25, 0.3) is 11.3 Å². The summed E-state index contributed by atoms with van der Waals surface area (Å²) in [6, 6.07) is 10.3. The number of ether oxygens (including phenoxy) is 1. The maximum Gasteiger partial charge on any atom is 0.430 e. The second-order valence-electron chi connectivity index (χ2n) is 5.61. The van der Waals surface area contributed by atoms with Gasteiger partial charge in [-0.2, -0.15) is 22.7 Å². The lowest BCUT2D eigenvalue weighted by Gasteiger charge is -2.08. The van der Waals surface area contributed by atoms with Crippen molar-refractivity contribution >= 4 is 11.7 Å². The zero-order valence-corrected chi connectivity index (χ0v) is 14.6. The minimum absolute atomic E-state index is 0.102. The van der Waals surface area contributed by atoms with Crippen molar-refractivity contribution in [3.05, 3.63) is 64.2 Å². The van der Waals surface area contributed by atoms with E-state index in [1.807, 2.05) is 30.3 Å². The van der Waals surface area contributed by atoms with Crippen molar-refractivity contribution in [2.75, 3.05) is 7.05 Å². The minimum Gasteiger partial charge on any atom is -0.471 e. The van der Waals surface area contributed by atoms with Crippen LogP contribution in [0.4, 0.5) is 13.2 Å². The first-order valence-corrected chi connectivity index (χ1v) is 7.96. The van der Waals surface area contributed by atoms with Crippen LogP contribution in [0.15, 0.2) is 58.0 Å².